The average Bonchev–Trinajstić information content (AvgIpc) is 2.67. The first kappa shape index (κ1) is 18.2. The minimum absolute atomic E-state index is 0.0962. The monoisotopic (exact) mass is 343 g/mol. The normalized spacial score (nSPS) is 29.6. The van der Waals surface area contributed by atoms with E-state index in [-0.39, 0.29) is 29.5 Å². The van der Waals surface area contributed by atoms with Crippen molar-refractivity contribution < 1.29 is 14.3 Å². The zero-order valence-corrected chi connectivity index (χ0v) is 15.5. The molecule has 136 valence electrons. The summed E-state index contributed by atoms with van der Waals surface area (Å²) in [7, 11) is 1.74. The Morgan fingerprint density at radius 1 is 1.36 bits per heavy atom. The van der Waals surface area contributed by atoms with E-state index in [0.717, 1.165) is 19.3 Å². The summed E-state index contributed by atoms with van der Waals surface area (Å²) in [5.74, 6) is 0.135. The highest BCUT2D eigenvalue weighted by molar-refractivity contribution is 5.77. The number of carbonyl (C=O) groups excluding carboxylic acids is 1. The first-order chi connectivity index (χ1) is 12.1. The lowest BCUT2D eigenvalue weighted by atomic mass is 9.69. The third-order valence-corrected chi connectivity index (χ3v) is 5.75. The van der Waals surface area contributed by atoms with E-state index in [0.29, 0.717) is 13.2 Å². The van der Waals surface area contributed by atoms with Crippen LogP contribution in [0.2, 0.25) is 0 Å². The van der Waals surface area contributed by atoms with Crippen LogP contribution in [0.5, 0.6) is 0 Å². The molecule has 25 heavy (non-hydrogen) atoms. The Labute approximate surface area is 150 Å². The molecule has 1 fully saturated rings. The summed E-state index contributed by atoms with van der Waals surface area (Å²) in [6.45, 7) is 5.18. The molecular formula is C21H29NO3. The highest BCUT2D eigenvalue weighted by atomic mass is 16.5. The summed E-state index contributed by atoms with van der Waals surface area (Å²) in [5.41, 5.74) is 1.09. The number of carbonyl (C=O) groups is 1. The number of fused-ring (bicyclic) bond motifs is 2. The van der Waals surface area contributed by atoms with E-state index in [1.54, 1.807) is 7.11 Å². The van der Waals surface area contributed by atoms with Crippen molar-refractivity contribution in [1.29, 1.82) is 0 Å². The summed E-state index contributed by atoms with van der Waals surface area (Å²) in [6, 6.07) is 10.4. The van der Waals surface area contributed by atoms with Gasteiger partial charge in [0.05, 0.1) is 6.61 Å². The van der Waals surface area contributed by atoms with E-state index in [9.17, 15) is 4.79 Å². The smallest absolute Gasteiger partial charge is 0.324 e. The standard InChI is InChI=1S/C21H29NO3/c1-4-25-20(23)19-18-10-12-21(13-11-18,14-15-24-3)22(19)16(2)17-8-6-5-7-9-17/h5-10,12,16,18-19H,4,11,13-15H2,1-3H3/t16-,18+,19+,21-/m1/s1. The van der Waals surface area contributed by atoms with Crippen molar-refractivity contribution in [3.63, 3.8) is 0 Å². The average molecular weight is 343 g/mol. The van der Waals surface area contributed by atoms with Gasteiger partial charge in [0.15, 0.2) is 0 Å². The number of methoxy groups -OCH3 is 1. The van der Waals surface area contributed by atoms with Crippen LogP contribution < -0.4 is 0 Å². The predicted octanol–water partition coefficient (Wildman–Crippen LogP) is 3.74. The third-order valence-electron chi connectivity index (χ3n) is 5.75. The quantitative estimate of drug-likeness (QED) is 0.558. The van der Waals surface area contributed by atoms with Gasteiger partial charge in [-0.15, -0.1) is 0 Å². The predicted molar refractivity (Wildman–Crippen MR) is 98.2 cm³/mol. The van der Waals surface area contributed by atoms with Crippen molar-refractivity contribution in [2.45, 2.75) is 50.7 Å². The van der Waals surface area contributed by atoms with Crippen molar-refractivity contribution in [1.82, 2.24) is 4.90 Å². The van der Waals surface area contributed by atoms with E-state index >= 15 is 0 Å². The Kier molecular flexibility index (Phi) is 5.60. The number of benzene rings is 1. The third kappa shape index (κ3) is 3.38. The maximum absolute atomic E-state index is 12.8. The summed E-state index contributed by atoms with van der Waals surface area (Å²) >= 11 is 0. The van der Waals surface area contributed by atoms with Gasteiger partial charge in [-0.3, -0.25) is 9.69 Å². The number of nitrogens with zero attached hydrogens (tertiary/aromatic N) is 1. The van der Waals surface area contributed by atoms with Gasteiger partial charge in [0.1, 0.15) is 6.04 Å². The minimum atomic E-state index is -0.217. The van der Waals surface area contributed by atoms with Gasteiger partial charge in [0.2, 0.25) is 0 Å². The van der Waals surface area contributed by atoms with Crippen LogP contribution in [0, 0.1) is 5.92 Å². The summed E-state index contributed by atoms with van der Waals surface area (Å²) in [5, 5.41) is 0. The SMILES string of the molecule is CCOC(=O)[C@@H]1[C@H]2C=C[C@](CCOC)(CC2)N1[C@H](C)c1ccccc1. The molecule has 4 rings (SSSR count). The van der Waals surface area contributed by atoms with Crippen molar-refractivity contribution in [2.24, 2.45) is 5.92 Å². The van der Waals surface area contributed by atoms with E-state index in [1.807, 2.05) is 13.0 Å². The lowest BCUT2D eigenvalue weighted by Crippen LogP contribution is -2.64. The van der Waals surface area contributed by atoms with E-state index in [1.165, 1.54) is 5.56 Å². The molecule has 4 atom stereocenters. The van der Waals surface area contributed by atoms with Crippen molar-refractivity contribution in [2.75, 3.05) is 20.3 Å². The number of esters is 1. The summed E-state index contributed by atoms with van der Waals surface area (Å²) < 4.78 is 10.8. The second-order valence-electron chi connectivity index (χ2n) is 7.10. The Hall–Kier alpha value is -1.65. The van der Waals surface area contributed by atoms with Crippen molar-refractivity contribution in [3.8, 4) is 0 Å². The van der Waals surface area contributed by atoms with E-state index in [2.05, 4.69) is 48.2 Å². The molecule has 0 amide bonds. The molecule has 0 aromatic heterocycles. The molecule has 0 radical (unpaired) electrons. The van der Waals surface area contributed by atoms with Crippen LogP contribution in [0.1, 0.15) is 44.7 Å². The summed E-state index contributed by atoms with van der Waals surface area (Å²) in [4.78, 5) is 15.2. The van der Waals surface area contributed by atoms with Crippen LogP contribution in [-0.4, -0.2) is 42.8 Å². The second-order valence-corrected chi connectivity index (χ2v) is 7.10. The van der Waals surface area contributed by atoms with E-state index in [4.69, 9.17) is 9.47 Å². The molecule has 4 nitrogen and oxygen atoms in total. The number of rotatable bonds is 7. The summed E-state index contributed by atoms with van der Waals surface area (Å²) in [6.07, 6.45) is 7.52. The minimum Gasteiger partial charge on any atom is -0.465 e. The van der Waals surface area contributed by atoms with Gasteiger partial charge >= 0.3 is 5.97 Å². The van der Waals surface area contributed by atoms with Crippen LogP contribution in [-0.2, 0) is 14.3 Å². The molecule has 0 N–H and O–H groups in total. The molecule has 0 spiro atoms. The molecule has 1 saturated heterocycles. The molecule has 1 aromatic carbocycles. The van der Waals surface area contributed by atoms with Crippen LogP contribution in [0.3, 0.4) is 0 Å². The van der Waals surface area contributed by atoms with Gasteiger partial charge in [-0.1, -0.05) is 42.5 Å². The molecule has 3 aliphatic rings. The topological polar surface area (TPSA) is 38.8 Å². The number of piperidine rings is 1. The molecule has 2 bridgehead atoms. The van der Waals surface area contributed by atoms with Gasteiger partial charge in [0, 0.05) is 31.2 Å². The Bertz CT molecular complexity index is 615. The highest BCUT2D eigenvalue weighted by Gasteiger charge is 2.53. The Morgan fingerprint density at radius 3 is 2.72 bits per heavy atom. The Morgan fingerprint density at radius 2 is 2.12 bits per heavy atom. The van der Waals surface area contributed by atoms with Gasteiger partial charge in [-0.2, -0.15) is 0 Å². The molecule has 0 unspecified atom stereocenters. The van der Waals surface area contributed by atoms with Crippen LogP contribution in [0.25, 0.3) is 0 Å². The van der Waals surface area contributed by atoms with Gasteiger partial charge in [-0.25, -0.2) is 0 Å². The van der Waals surface area contributed by atoms with Gasteiger partial charge < -0.3 is 9.47 Å². The van der Waals surface area contributed by atoms with E-state index < -0.39 is 0 Å². The lowest BCUT2D eigenvalue weighted by molar-refractivity contribution is -0.161. The zero-order valence-electron chi connectivity index (χ0n) is 15.5. The van der Waals surface area contributed by atoms with Crippen molar-refractivity contribution >= 4 is 5.97 Å². The first-order valence-electron chi connectivity index (χ1n) is 9.31. The van der Waals surface area contributed by atoms with Gasteiger partial charge in [-0.05, 0) is 38.7 Å². The number of ether oxygens (including phenoxy) is 2. The second kappa shape index (κ2) is 7.71. The van der Waals surface area contributed by atoms with Crippen LogP contribution in [0.15, 0.2) is 42.5 Å². The molecule has 0 saturated carbocycles. The maximum atomic E-state index is 12.8. The molecular weight excluding hydrogens is 314 g/mol. The molecule has 4 heteroatoms. The number of hydrogen-bond donors (Lipinski definition) is 0. The van der Waals surface area contributed by atoms with Crippen LogP contribution in [0.4, 0.5) is 0 Å². The Balaban J connectivity index is 2.00. The molecule has 2 aliphatic heterocycles. The first-order valence-corrected chi connectivity index (χ1v) is 9.31. The highest BCUT2D eigenvalue weighted by Crippen LogP contribution is 2.48. The fourth-order valence-electron chi connectivity index (χ4n) is 4.51. The maximum Gasteiger partial charge on any atom is 0.324 e. The number of hydrogen-bond acceptors (Lipinski definition) is 4. The van der Waals surface area contributed by atoms with Crippen LogP contribution >= 0.6 is 0 Å². The molecule has 1 aliphatic carbocycles. The lowest BCUT2D eigenvalue weighted by Gasteiger charge is -2.57. The largest absolute Gasteiger partial charge is 0.465 e. The molecule has 1 aromatic rings. The van der Waals surface area contributed by atoms with Gasteiger partial charge in [0.25, 0.3) is 0 Å². The van der Waals surface area contributed by atoms with Crippen molar-refractivity contribution in [3.05, 3.63) is 48.0 Å². The fourth-order valence-corrected chi connectivity index (χ4v) is 4.51. The zero-order chi connectivity index (χ0) is 17.9. The fraction of sp³-hybridized carbons (Fsp3) is 0.571. The molecule has 2 heterocycles.